The van der Waals surface area contributed by atoms with Gasteiger partial charge in [-0.15, -0.1) is 0 Å². The van der Waals surface area contributed by atoms with Crippen molar-refractivity contribution in [1.82, 2.24) is 0 Å². The molecular formula is C14H22NO5P. The van der Waals surface area contributed by atoms with Gasteiger partial charge in [0, 0.05) is 11.1 Å². The molecule has 0 fully saturated rings. The van der Waals surface area contributed by atoms with Crippen molar-refractivity contribution < 1.29 is 24.3 Å². The van der Waals surface area contributed by atoms with Crippen LogP contribution in [-0.2, 0) is 14.7 Å². The van der Waals surface area contributed by atoms with Gasteiger partial charge in [-0.3, -0.25) is 9.36 Å². The fraction of sp³-hybridized carbons (Fsp3) is 0.500. The second-order valence-electron chi connectivity index (χ2n) is 5.83. The summed E-state index contributed by atoms with van der Waals surface area (Å²) >= 11 is 0. The first-order chi connectivity index (χ1) is 9.41. The quantitative estimate of drug-likeness (QED) is 0.624. The summed E-state index contributed by atoms with van der Waals surface area (Å²) < 4.78 is 11.3. The predicted octanol–water partition coefficient (Wildman–Crippen LogP) is 2.40. The molecule has 0 saturated carbocycles. The fourth-order valence-electron chi connectivity index (χ4n) is 1.50. The zero-order valence-electron chi connectivity index (χ0n) is 12.6. The average Bonchev–Trinajstić information content (AvgIpc) is 2.38. The zero-order valence-corrected chi connectivity index (χ0v) is 13.5. The highest BCUT2D eigenvalue weighted by Gasteiger charge is 2.42. The summed E-state index contributed by atoms with van der Waals surface area (Å²) in [5, 5.41) is 10.4. The smallest absolute Gasteiger partial charge is 0.361 e. The SMILES string of the molecule is CCC(C)(C)C(=O)Nc1ccc(C(C)(O)P(=O)(O)O)cc1. The summed E-state index contributed by atoms with van der Waals surface area (Å²) in [4.78, 5) is 30.3. The molecular weight excluding hydrogens is 293 g/mol. The molecule has 0 aliphatic carbocycles. The van der Waals surface area contributed by atoms with Gasteiger partial charge in [0.25, 0.3) is 0 Å². The first kappa shape index (κ1) is 17.9. The van der Waals surface area contributed by atoms with Gasteiger partial charge in [-0.25, -0.2) is 0 Å². The Hall–Kier alpha value is -1.20. The predicted molar refractivity (Wildman–Crippen MR) is 80.8 cm³/mol. The van der Waals surface area contributed by atoms with Crippen molar-refractivity contribution in [1.29, 1.82) is 0 Å². The lowest BCUT2D eigenvalue weighted by Crippen LogP contribution is -2.30. The van der Waals surface area contributed by atoms with Crippen molar-refractivity contribution in [2.75, 3.05) is 5.32 Å². The van der Waals surface area contributed by atoms with Crippen LogP contribution in [0.15, 0.2) is 24.3 Å². The maximum absolute atomic E-state index is 12.0. The van der Waals surface area contributed by atoms with Crippen LogP contribution in [0.3, 0.4) is 0 Å². The van der Waals surface area contributed by atoms with Crippen LogP contribution < -0.4 is 5.32 Å². The first-order valence-corrected chi connectivity index (χ1v) is 8.23. The van der Waals surface area contributed by atoms with Gasteiger partial charge in [-0.2, -0.15) is 0 Å². The Balaban J connectivity index is 2.95. The number of hydrogen-bond donors (Lipinski definition) is 4. The Labute approximate surface area is 124 Å². The molecule has 0 radical (unpaired) electrons. The van der Waals surface area contributed by atoms with E-state index in [1.165, 1.54) is 24.3 Å². The number of amides is 1. The van der Waals surface area contributed by atoms with Crippen LogP contribution in [-0.4, -0.2) is 20.8 Å². The third-order valence-electron chi connectivity index (χ3n) is 3.76. The van der Waals surface area contributed by atoms with E-state index < -0.39 is 18.4 Å². The summed E-state index contributed by atoms with van der Waals surface area (Å²) in [6.07, 6.45) is 0.684. The van der Waals surface area contributed by atoms with Gasteiger partial charge in [0.05, 0.1) is 0 Å². The topological polar surface area (TPSA) is 107 Å². The van der Waals surface area contributed by atoms with E-state index in [1.54, 1.807) is 0 Å². The minimum Gasteiger partial charge on any atom is -0.373 e. The Morgan fingerprint density at radius 1 is 1.19 bits per heavy atom. The van der Waals surface area contributed by atoms with E-state index in [-0.39, 0.29) is 11.5 Å². The highest BCUT2D eigenvalue weighted by molar-refractivity contribution is 7.52. The summed E-state index contributed by atoms with van der Waals surface area (Å²) in [6.45, 7) is 6.63. The number of carbonyl (C=O) groups is 1. The molecule has 1 unspecified atom stereocenters. The van der Waals surface area contributed by atoms with E-state index in [0.29, 0.717) is 12.1 Å². The number of hydrogen-bond acceptors (Lipinski definition) is 3. The molecule has 1 aromatic carbocycles. The van der Waals surface area contributed by atoms with E-state index in [1.807, 2.05) is 20.8 Å². The third-order valence-corrected chi connectivity index (χ3v) is 5.15. The van der Waals surface area contributed by atoms with E-state index in [0.717, 1.165) is 6.92 Å². The van der Waals surface area contributed by atoms with Crippen molar-refractivity contribution in [2.45, 2.75) is 39.5 Å². The van der Waals surface area contributed by atoms with E-state index >= 15 is 0 Å². The molecule has 0 spiro atoms. The lowest BCUT2D eigenvalue weighted by Gasteiger charge is -2.25. The molecule has 1 aromatic rings. The summed E-state index contributed by atoms with van der Waals surface area (Å²) in [5.74, 6) is -0.139. The largest absolute Gasteiger partial charge is 0.373 e. The van der Waals surface area contributed by atoms with Gasteiger partial charge in [-0.1, -0.05) is 32.9 Å². The number of nitrogens with one attached hydrogen (secondary N) is 1. The van der Waals surface area contributed by atoms with E-state index in [4.69, 9.17) is 9.79 Å². The lowest BCUT2D eigenvalue weighted by atomic mass is 9.89. The number of anilines is 1. The van der Waals surface area contributed by atoms with Crippen molar-refractivity contribution >= 4 is 19.2 Å². The van der Waals surface area contributed by atoms with Gasteiger partial charge in [0.1, 0.15) is 0 Å². The van der Waals surface area contributed by atoms with Crippen LogP contribution in [0.5, 0.6) is 0 Å². The van der Waals surface area contributed by atoms with Crippen LogP contribution in [0.1, 0.15) is 39.7 Å². The monoisotopic (exact) mass is 315 g/mol. The molecule has 0 aliphatic heterocycles. The number of aliphatic hydroxyl groups is 1. The van der Waals surface area contributed by atoms with Gasteiger partial charge in [0.15, 0.2) is 5.34 Å². The fourth-order valence-corrected chi connectivity index (χ4v) is 1.98. The van der Waals surface area contributed by atoms with Crippen LogP contribution >= 0.6 is 7.60 Å². The second-order valence-corrected chi connectivity index (χ2v) is 7.79. The summed E-state index contributed by atoms with van der Waals surface area (Å²) in [5.41, 5.74) is 0.0890. The van der Waals surface area contributed by atoms with Crippen molar-refractivity contribution in [3.8, 4) is 0 Å². The molecule has 0 aromatic heterocycles. The average molecular weight is 315 g/mol. The number of rotatable bonds is 5. The molecule has 118 valence electrons. The molecule has 6 nitrogen and oxygen atoms in total. The third kappa shape index (κ3) is 3.92. The maximum Gasteiger partial charge on any atom is 0.361 e. The normalized spacial score (nSPS) is 15.4. The molecule has 0 aliphatic rings. The van der Waals surface area contributed by atoms with Crippen LogP contribution in [0, 0.1) is 5.41 Å². The Bertz CT molecular complexity index is 559. The minimum atomic E-state index is -4.70. The highest BCUT2D eigenvalue weighted by atomic mass is 31.2. The number of carbonyl (C=O) groups excluding carboxylic acids is 1. The molecule has 1 rings (SSSR count). The molecule has 0 bridgehead atoms. The van der Waals surface area contributed by atoms with E-state index in [9.17, 15) is 14.5 Å². The van der Waals surface area contributed by atoms with Crippen LogP contribution in [0.2, 0.25) is 0 Å². The Morgan fingerprint density at radius 3 is 2.05 bits per heavy atom. The number of benzene rings is 1. The maximum atomic E-state index is 12.0. The minimum absolute atomic E-state index is 0.0867. The first-order valence-electron chi connectivity index (χ1n) is 6.62. The van der Waals surface area contributed by atoms with Gasteiger partial charge >= 0.3 is 7.60 Å². The lowest BCUT2D eigenvalue weighted by molar-refractivity contribution is -0.124. The summed E-state index contributed by atoms with van der Waals surface area (Å²) in [7, 11) is -4.70. The molecule has 0 saturated heterocycles. The molecule has 7 heteroatoms. The second kappa shape index (κ2) is 5.89. The molecule has 1 amide bonds. The van der Waals surface area contributed by atoms with Crippen molar-refractivity contribution in [3.05, 3.63) is 29.8 Å². The summed E-state index contributed by atoms with van der Waals surface area (Å²) in [6, 6.07) is 5.77. The molecule has 21 heavy (non-hydrogen) atoms. The van der Waals surface area contributed by atoms with Crippen LogP contribution in [0.4, 0.5) is 5.69 Å². The Morgan fingerprint density at radius 2 is 1.67 bits per heavy atom. The molecule has 1 atom stereocenters. The van der Waals surface area contributed by atoms with Crippen LogP contribution in [0.25, 0.3) is 0 Å². The molecule has 4 N–H and O–H groups in total. The highest BCUT2D eigenvalue weighted by Crippen LogP contribution is 2.54. The molecule has 0 heterocycles. The Kier molecular flexibility index (Phi) is 5.01. The zero-order chi connectivity index (χ0) is 16.5. The standard InChI is InChI=1S/C14H22NO5P/c1-5-13(2,3)12(16)15-11-8-6-10(7-9-11)14(4,17)21(18,19)20/h6-9,17H,5H2,1-4H3,(H,15,16)(H2,18,19,20). The van der Waals surface area contributed by atoms with Crippen molar-refractivity contribution in [2.24, 2.45) is 5.41 Å². The van der Waals surface area contributed by atoms with Gasteiger partial charge in [-0.05, 0) is 31.0 Å². The van der Waals surface area contributed by atoms with Crippen molar-refractivity contribution in [3.63, 3.8) is 0 Å². The van der Waals surface area contributed by atoms with E-state index in [2.05, 4.69) is 5.32 Å². The van der Waals surface area contributed by atoms with Gasteiger partial charge < -0.3 is 20.2 Å². The van der Waals surface area contributed by atoms with Gasteiger partial charge in [0.2, 0.25) is 5.91 Å².